The second-order valence-electron chi connectivity index (χ2n) is 5.90. The number of carbonyl (C=O) groups is 1. The molecule has 1 aromatic rings. The molecule has 0 saturated heterocycles. The second kappa shape index (κ2) is 7.16. The van der Waals surface area contributed by atoms with Crippen LogP contribution in [0.3, 0.4) is 0 Å². The molecule has 1 aromatic carbocycles. The molecule has 4 heteroatoms. The number of methoxy groups -OCH3 is 2. The van der Waals surface area contributed by atoms with Gasteiger partial charge in [-0.2, -0.15) is 0 Å². The van der Waals surface area contributed by atoms with Crippen molar-refractivity contribution >= 4 is 11.7 Å². The van der Waals surface area contributed by atoms with Gasteiger partial charge in [-0.25, -0.2) is 0 Å². The summed E-state index contributed by atoms with van der Waals surface area (Å²) in [6.07, 6.45) is 0. The first kappa shape index (κ1) is 17.1. The van der Waals surface area contributed by atoms with Crippen LogP contribution in [-0.2, 0) is 9.53 Å². The van der Waals surface area contributed by atoms with Crippen LogP contribution in [0.5, 0.6) is 5.75 Å². The van der Waals surface area contributed by atoms with Crippen molar-refractivity contribution in [3.05, 3.63) is 35.4 Å². The van der Waals surface area contributed by atoms with Crippen LogP contribution in [0.15, 0.2) is 29.8 Å². The molecule has 0 saturated carbocycles. The second-order valence-corrected chi connectivity index (χ2v) is 5.90. The fraction of sp³-hybridized carbons (Fsp3) is 0.471. The molecule has 0 aliphatic heterocycles. The number of amides is 1. The number of hydrogen-bond donors (Lipinski definition) is 1. The van der Waals surface area contributed by atoms with Gasteiger partial charge < -0.3 is 14.8 Å². The number of rotatable bonds is 5. The third kappa shape index (κ3) is 4.81. The van der Waals surface area contributed by atoms with E-state index in [1.165, 1.54) is 6.92 Å². The molecule has 0 radical (unpaired) electrons. The van der Waals surface area contributed by atoms with Gasteiger partial charge in [-0.1, -0.05) is 32.9 Å². The van der Waals surface area contributed by atoms with Crippen LogP contribution in [0.2, 0.25) is 0 Å². The highest BCUT2D eigenvalue weighted by Gasteiger charge is 2.23. The van der Waals surface area contributed by atoms with Crippen molar-refractivity contribution in [2.45, 2.75) is 27.7 Å². The predicted molar refractivity (Wildman–Crippen MR) is 85.1 cm³/mol. The minimum absolute atomic E-state index is 0.0576. The largest absolute Gasteiger partial charge is 0.497 e. The molecule has 4 nitrogen and oxygen atoms in total. The zero-order valence-electron chi connectivity index (χ0n) is 13.7. The van der Waals surface area contributed by atoms with Crippen molar-refractivity contribution in [3.8, 4) is 5.75 Å². The summed E-state index contributed by atoms with van der Waals surface area (Å²) in [6.45, 7) is 8.27. The first-order valence-corrected chi connectivity index (χ1v) is 6.96. The molecule has 1 amide bonds. The van der Waals surface area contributed by atoms with E-state index < -0.39 is 0 Å². The smallest absolute Gasteiger partial charge is 0.217 e. The van der Waals surface area contributed by atoms with Gasteiger partial charge in [0.25, 0.3) is 0 Å². The molecule has 0 unspecified atom stereocenters. The number of ether oxygens (including phenoxy) is 2. The zero-order chi connectivity index (χ0) is 16.0. The Hall–Kier alpha value is -1.97. The Morgan fingerprint density at radius 3 is 2.38 bits per heavy atom. The summed E-state index contributed by atoms with van der Waals surface area (Å²) in [5.74, 6) is 1.49. The molecular weight excluding hydrogens is 266 g/mol. The third-order valence-electron chi connectivity index (χ3n) is 3.23. The first-order valence-electron chi connectivity index (χ1n) is 6.96. The van der Waals surface area contributed by atoms with E-state index in [0.717, 1.165) is 22.6 Å². The van der Waals surface area contributed by atoms with Crippen molar-refractivity contribution in [2.75, 3.05) is 20.8 Å². The lowest BCUT2D eigenvalue weighted by Gasteiger charge is -2.26. The highest BCUT2D eigenvalue weighted by atomic mass is 16.5. The molecular formula is C17H25NO3. The summed E-state index contributed by atoms with van der Waals surface area (Å²) in [5, 5.41) is 2.86. The molecule has 0 atom stereocenters. The van der Waals surface area contributed by atoms with E-state index in [1.54, 1.807) is 14.2 Å². The van der Waals surface area contributed by atoms with E-state index in [-0.39, 0.29) is 11.3 Å². The van der Waals surface area contributed by atoms with Gasteiger partial charge in [0.15, 0.2) is 0 Å². The van der Waals surface area contributed by atoms with Crippen LogP contribution in [-0.4, -0.2) is 26.7 Å². The third-order valence-corrected chi connectivity index (χ3v) is 3.23. The van der Waals surface area contributed by atoms with Gasteiger partial charge in [0.05, 0.1) is 14.2 Å². The molecule has 116 valence electrons. The topological polar surface area (TPSA) is 47.6 Å². The molecule has 0 heterocycles. The van der Waals surface area contributed by atoms with Crippen molar-refractivity contribution in [1.82, 2.24) is 5.32 Å². The Labute approximate surface area is 127 Å². The molecule has 0 spiro atoms. The van der Waals surface area contributed by atoms with Crippen LogP contribution in [0.4, 0.5) is 0 Å². The van der Waals surface area contributed by atoms with E-state index in [9.17, 15) is 4.79 Å². The van der Waals surface area contributed by atoms with Crippen molar-refractivity contribution in [1.29, 1.82) is 0 Å². The van der Waals surface area contributed by atoms with E-state index >= 15 is 0 Å². The number of benzene rings is 1. The van der Waals surface area contributed by atoms with Crippen molar-refractivity contribution in [3.63, 3.8) is 0 Å². The average Bonchev–Trinajstić information content (AvgIpc) is 2.41. The molecule has 1 N–H and O–H groups in total. The van der Waals surface area contributed by atoms with Gasteiger partial charge in [-0.3, -0.25) is 4.79 Å². The van der Waals surface area contributed by atoms with Crippen LogP contribution < -0.4 is 10.1 Å². The predicted octanol–water partition coefficient (Wildman–Crippen LogP) is 3.23. The van der Waals surface area contributed by atoms with Crippen LogP contribution >= 0.6 is 0 Å². The minimum Gasteiger partial charge on any atom is -0.497 e. The van der Waals surface area contributed by atoms with E-state index in [1.807, 2.05) is 24.3 Å². The molecule has 0 bridgehead atoms. The van der Waals surface area contributed by atoms with Gasteiger partial charge in [0.1, 0.15) is 11.5 Å². The first-order chi connectivity index (χ1) is 9.79. The fourth-order valence-electron chi connectivity index (χ4n) is 2.08. The molecule has 1 rings (SSSR count). The summed E-state index contributed by atoms with van der Waals surface area (Å²) in [6, 6.07) is 7.71. The van der Waals surface area contributed by atoms with Gasteiger partial charge in [0, 0.05) is 19.0 Å². The van der Waals surface area contributed by atoms with E-state index in [0.29, 0.717) is 6.54 Å². The quantitative estimate of drug-likeness (QED) is 0.847. The van der Waals surface area contributed by atoms with Gasteiger partial charge >= 0.3 is 0 Å². The standard InChI is InChI=1S/C17H25NO3/c1-12(19)18-11-15(17(2,3)4)16(21-6)13-8-7-9-14(10-13)20-5/h7-10H,11H2,1-6H3,(H,18,19)/b16-15-. The minimum atomic E-state index is -0.128. The summed E-state index contributed by atoms with van der Waals surface area (Å²) in [5.41, 5.74) is 1.84. The maximum Gasteiger partial charge on any atom is 0.217 e. The Morgan fingerprint density at radius 2 is 1.90 bits per heavy atom. The maximum atomic E-state index is 11.2. The summed E-state index contributed by atoms with van der Waals surface area (Å²) < 4.78 is 10.9. The Bertz CT molecular complexity index is 527. The zero-order valence-corrected chi connectivity index (χ0v) is 13.7. The van der Waals surface area contributed by atoms with Gasteiger partial charge in [0.2, 0.25) is 5.91 Å². The SMILES string of the molecule is CO/C(=C(/CNC(C)=O)C(C)(C)C)c1cccc(OC)c1. The lowest BCUT2D eigenvalue weighted by atomic mass is 9.84. The molecule has 0 aliphatic carbocycles. The number of carbonyl (C=O) groups excluding carboxylic acids is 1. The van der Waals surface area contributed by atoms with Crippen LogP contribution in [0.1, 0.15) is 33.3 Å². The Balaban J connectivity index is 3.32. The molecule has 0 aromatic heterocycles. The number of hydrogen-bond acceptors (Lipinski definition) is 3. The van der Waals surface area contributed by atoms with Crippen LogP contribution in [0.25, 0.3) is 5.76 Å². The molecule has 21 heavy (non-hydrogen) atoms. The maximum absolute atomic E-state index is 11.2. The Morgan fingerprint density at radius 1 is 1.24 bits per heavy atom. The normalized spacial score (nSPS) is 12.5. The highest BCUT2D eigenvalue weighted by molar-refractivity contribution is 5.74. The van der Waals surface area contributed by atoms with E-state index in [4.69, 9.17) is 9.47 Å². The highest BCUT2D eigenvalue weighted by Crippen LogP contribution is 2.33. The molecule has 0 aliphatic rings. The Kier molecular flexibility index (Phi) is 5.82. The van der Waals surface area contributed by atoms with Crippen LogP contribution in [0, 0.1) is 5.41 Å². The summed E-state index contributed by atoms with van der Waals surface area (Å²) in [7, 11) is 3.28. The number of nitrogens with one attached hydrogen (secondary N) is 1. The lowest BCUT2D eigenvalue weighted by Crippen LogP contribution is -2.28. The van der Waals surface area contributed by atoms with Crippen molar-refractivity contribution in [2.24, 2.45) is 5.41 Å². The van der Waals surface area contributed by atoms with Gasteiger partial charge in [-0.05, 0) is 23.1 Å². The van der Waals surface area contributed by atoms with Gasteiger partial charge in [-0.15, -0.1) is 0 Å². The molecule has 0 fully saturated rings. The summed E-state index contributed by atoms with van der Waals surface area (Å²) >= 11 is 0. The van der Waals surface area contributed by atoms with Crippen molar-refractivity contribution < 1.29 is 14.3 Å². The van der Waals surface area contributed by atoms with E-state index in [2.05, 4.69) is 26.1 Å². The summed E-state index contributed by atoms with van der Waals surface area (Å²) in [4.78, 5) is 11.2. The average molecular weight is 291 g/mol. The lowest BCUT2D eigenvalue weighted by molar-refractivity contribution is -0.118. The fourth-order valence-corrected chi connectivity index (χ4v) is 2.08. The monoisotopic (exact) mass is 291 g/mol.